The number of ether oxygens (including phenoxy) is 1. The number of nitrogens with zero attached hydrogens (tertiary/aromatic N) is 1. The number of hydrogen-bond donors (Lipinski definition) is 1. The lowest BCUT2D eigenvalue weighted by Crippen LogP contribution is -2.34. The Kier molecular flexibility index (Phi) is 6.26. The highest BCUT2D eigenvalue weighted by atomic mass is 35.5. The van der Waals surface area contributed by atoms with Crippen LogP contribution in [0.2, 0.25) is 5.02 Å². The Balaban J connectivity index is 3.01. The summed E-state index contributed by atoms with van der Waals surface area (Å²) in [4.78, 5) is 1.88. The van der Waals surface area contributed by atoms with E-state index in [1.54, 1.807) is 19.2 Å². The first-order valence-electron chi connectivity index (χ1n) is 6.20. The van der Waals surface area contributed by atoms with Crippen LogP contribution >= 0.6 is 11.6 Å². The Bertz CT molecular complexity index is 549. The molecule has 5 nitrogen and oxygen atoms in total. The van der Waals surface area contributed by atoms with Gasteiger partial charge < -0.3 is 10.5 Å². The van der Waals surface area contributed by atoms with E-state index in [4.69, 9.17) is 22.1 Å². The van der Waals surface area contributed by atoms with E-state index in [1.165, 1.54) is 6.26 Å². The fourth-order valence-electron chi connectivity index (χ4n) is 2.00. The minimum absolute atomic E-state index is 0.0762. The summed E-state index contributed by atoms with van der Waals surface area (Å²) in [7, 11) is 0.378. The zero-order valence-electron chi connectivity index (χ0n) is 12.0. The summed E-state index contributed by atoms with van der Waals surface area (Å²) in [6, 6.07) is 5.19. The van der Waals surface area contributed by atoms with Crippen LogP contribution in [0.1, 0.15) is 11.6 Å². The number of methoxy groups -OCH3 is 1. The van der Waals surface area contributed by atoms with Gasteiger partial charge in [0.25, 0.3) is 0 Å². The van der Waals surface area contributed by atoms with Gasteiger partial charge >= 0.3 is 0 Å². The van der Waals surface area contributed by atoms with Crippen molar-refractivity contribution in [1.29, 1.82) is 0 Å². The lowest BCUT2D eigenvalue weighted by molar-refractivity contribution is 0.257. The maximum Gasteiger partial charge on any atom is 0.148 e. The molecule has 0 aliphatic heterocycles. The summed E-state index contributed by atoms with van der Waals surface area (Å²) in [6.45, 7) is 0.704. The van der Waals surface area contributed by atoms with Gasteiger partial charge in [0.05, 0.1) is 18.9 Å². The molecule has 0 fully saturated rings. The first kappa shape index (κ1) is 17.2. The van der Waals surface area contributed by atoms with Gasteiger partial charge in [0, 0.05) is 29.9 Å². The van der Waals surface area contributed by atoms with E-state index in [9.17, 15) is 8.42 Å². The van der Waals surface area contributed by atoms with Crippen LogP contribution in [0, 0.1) is 0 Å². The summed E-state index contributed by atoms with van der Waals surface area (Å²) in [5.74, 6) is 0.728. The molecule has 1 rings (SSSR count). The number of nitrogens with two attached hydrogens (primary N) is 1. The molecule has 0 saturated heterocycles. The van der Waals surface area contributed by atoms with Gasteiger partial charge in [-0.1, -0.05) is 17.7 Å². The minimum atomic E-state index is -3.02. The van der Waals surface area contributed by atoms with E-state index in [-0.39, 0.29) is 11.8 Å². The number of benzene rings is 1. The van der Waals surface area contributed by atoms with Crippen molar-refractivity contribution in [2.24, 2.45) is 5.73 Å². The lowest BCUT2D eigenvalue weighted by Gasteiger charge is -2.29. The van der Waals surface area contributed by atoms with Crippen LogP contribution in [0.25, 0.3) is 0 Å². The number of rotatable bonds is 7. The second kappa shape index (κ2) is 7.26. The van der Waals surface area contributed by atoms with Crippen molar-refractivity contribution < 1.29 is 13.2 Å². The molecule has 1 atom stereocenters. The van der Waals surface area contributed by atoms with Crippen molar-refractivity contribution in [2.45, 2.75) is 6.04 Å². The normalized spacial score (nSPS) is 13.5. The van der Waals surface area contributed by atoms with Crippen LogP contribution < -0.4 is 10.5 Å². The summed E-state index contributed by atoms with van der Waals surface area (Å²) in [5.41, 5.74) is 6.62. The second-order valence-electron chi connectivity index (χ2n) is 4.72. The predicted molar refractivity (Wildman–Crippen MR) is 82.1 cm³/mol. The van der Waals surface area contributed by atoms with Crippen LogP contribution in [0.4, 0.5) is 0 Å². The standard InChI is InChI=1S/C13H21ClN2O3S/c1-16(7-8-20(3,17)18)11(9-15)13-10(14)5-4-6-12(13)19-2/h4-6,11H,7-9,15H2,1-3H3. The summed E-state index contributed by atoms with van der Waals surface area (Å²) < 4.78 is 27.8. The smallest absolute Gasteiger partial charge is 0.148 e. The van der Waals surface area contributed by atoms with Gasteiger partial charge in [-0.25, -0.2) is 8.42 Å². The molecular weight excluding hydrogens is 300 g/mol. The molecule has 20 heavy (non-hydrogen) atoms. The Labute approximate surface area is 125 Å². The molecule has 0 aliphatic rings. The van der Waals surface area contributed by atoms with Crippen molar-refractivity contribution >= 4 is 21.4 Å². The fourth-order valence-corrected chi connectivity index (χ4v) is 2.91. The first-order valence-corrected chi connectivity index (χ1v) is 8.64. The van der Waals surface area contributed by atoms with Crippen molar-refractivity contribution in [3.8, 4) is 5.75 Å². The number of halogens is 1. The molecule has 0 bridgehead atoms. The van der Waals surface area contributed by atoms with Crippen LogP contribution in [0.3, 0.4) is 0 Å². The SMILES string of the molecule is COc1cccc(Cl)c1C(CN)N(C)CCS(C)(=O)=O. The highest BCUT2D eigenvalue weighted by Crippen LogP contribution is 2.34. The van der Waals surface area contributed by atoms with Crippen LogP contribution in [0.15, 0.2) is 18.2 Å². The van der Waals surface area contributed by atoms with E-state index in [2.05, 4.69) is 0 Å². The molecular formula is C13H21ClN2O3S. The molecule has 0 aliphatic carbocycles. The highest BCUT2D eigenvalue weighted by molar-refractivity contribution is 7.90. The third kappa shape index (κ3) is 4.63. The van der Waals surface area contributed by atoms with Gasteiger partial charge in [-0.2, -0.15) is 0 Å². The van der Waals surface area contributed by atoms with Crippen LogP contribution in [-0.4, -0.2) is 52.6 Å². The van der Waals surface area contributed by atoms with Crippen LogP contribution in [0.5, 0.6) is 5.75 Å². The van der Waals surface area contributed by atoms with E-state index in [0.717, 1.165) is 5.56 Å². The second-order valence-corrected chi connectivity index (χ2v) is 7.38. The van der Waals surface area contributed by atoms with E-state index >= 15 is 0 Å². The maximum absolute atomic E-state index is 11.3. The van der Waals surface area contributed by atoms with Crippen molar-refractivity contribution in [2.75, 3.05) is 39.3 Å². The van der Waals surface area contributed by atoms with Crippen molar-refractivity contribution in [3.05, 3.63) is 28.8 Å². The first-order chi connectivity index (χ1) is 9.30. The van der Waals surface area contributed by atoms with Gasteiger partial charge in [0.1, 0.15) is 15.6 Å². The molecule has 0 aromatic heterocycles. The summed E-state index contributed by atoms with van der Waals surface area (Å²) in [6.07, 6.45) is 1.22. The summed E-state index contributed by atoms with van der Waals surface area (Å²) >= 11 is 6.24. The van der Waals surface area contributed by atoms with Gasteiger partial charge in [-0.3, -0.25) is 4.90 Å². The molecule has 1 aromatic rings. The minimum Gasteiger partial charge on any atom is -0.496 e. The zero-order valence-corrected chi connectivity index (χ0v) is 13.5. The molecule has 2 N–H and O–H groups in total. The average molecular weight is 321 g/mol. The Morgan fingerprint density at radius 2 is 2.10 bits per heavy atom. The molecule has 114 valence electrons. The molecule has 0 spiro atoms. The van der Waals surface area contributed by atoms with Gasteiger partial charge in [-0.05, 0) is 19.2 Å². The van der Waals surface area contributed by atoms with Crippen molar-refractivity contribution in [3.63, 3.8) is 0 Å². The number of sulfone groups is 1. The average Bonchev–Trinajstić information content (AvgIpc) is 2.38. The molecule has 0 saturated carbocycles. The number of likely N-dealkylation sites (N-methyl/N-ethyl adjacent to an activating group) is 1. The number of hydrogen-bond acceptors (Lipinski definition) is 5. The fraction of sp³-hybridized carbons (Fsp3) is 0.538. The Morgan fingerprint density at radius 1 is 1.45 bits per heavy atom. The third-order valence-electron chi connectivity index (χ3n) is 3.14. The molecule has 1 aromatic carbocycles. The molecule has 7 heteroatoms. The maximum atomic E-state index is 11.3. The van der Waals surface area contributed by atoms with Gasteiger partial charge in [0.2, 0.25) is 0 Å². The van der Waals surface area contributed by atoms with E-state index in [0.29, 0.717) is 23.9 Å². The lowest BCUT2D eigenvalue weighted by atomic mass is 10.0. The Hall–Kier alpha value is -0.820. The van der Waals surface area contributed by atoms with E-state index in [1.807, 2.05) is 18.0 Å². The van der Waals surface area contributed by atoms with Crippen LogP contribution in [-0.2, 0) is 9.84 Å². The summed E-state index contributed by atoms with van der Waals surface area (Å²) in [5, 5.41) is 0.561. The topological polar surface area (TPSA) is 72.6 Å². The highest BCUT2D eigenvalue weighted by Gasteiger charge is 2.22. The molecule has 0 heterocycles. The molecule has 0 radical (unpaired) electrons. The molecule has 1 unspecified atom stereocenters. The largest absolute Gasteiger partial charge is 0.496 e. The third-order valence-corrected chi connectivity index (χ3v) is 4.39. The molecule has 0 amide bonds. The van der Waals surface area contributed by atoms with Gasteiger partial charge in [-0.15, -0.1) is 0 Å². The zero-order chi connectivity index (χ0) is 15.3. The van der Waals surface area contributed by atoms with Crippen molar-refractivity contribution in [1.82, 2.24) is 4.90 Å². The quantitative estimate of drug-likeness (QED) is 0.820. The monoisotopic (exact) mass is 320 g/mol. The van der Waals surface area contributed by atoms with Gasteiger partial charge in [0.15, 0.2) is 0 Å². The predicted octanol–water partition coefficient (Wildman–Crippen LogP) is 1.32. The van der Waals surface area contributed by atoms with E-state index < -0.39 is 9.84 Å². The Morgan fingerprint density at radius 3 is 2.60 bits per heavy atom.